The van der Waals surface area contributed by atoms with Gasteiger partial charge in [-0.2, -0.15) is 0 Å². The summed E-state index contributed by atoms with van der Waals surface area (Å²) in [5, 5.41) is 6.76. The maximum atomic E-state index is 14.3. The third kappa shape index (κ3) is 5.01. The Morgan fingerprint density at radius 1 is 1.22 bits per heavy atom. The van der Waals surface area contributed by atoms with Gasteiger partial charge in [0.1, 0.15) is 29.8 Å². The van der Waals surface area contributed by atoms with Crippen molar-refractivity contribution >= 4 is 34.0 Å². The van der Waals surface area contributed by atoms with Crippen molar-refractivity contribution in [2.75, 3.05) is 30.8 Å². The molecule has 9 heteroatoms. The second kappa shape index (κ2) is 10.1. The summed E-state index contributed by atoms with van der Waals surface area (Å²) in [6, 6.07) is 11.9. The molecule has 1 atom stereocenters. The highest BCUT2D eigenvalue weighted by Crippen LogP contribution is 2.35. The summed E-state index contributed by atoms with van der Waals surface area (Å²) in [5.41, 5.74) is 2.85. The molecule has 2 N–H and O–H groups in total. The van der Waals surface area contributed by atoms with Crippen molar-refractivity contribution in [3.63, 3.8) is 0 Å². The maximum absolute atomic E-state index is 14.3. The molecular weight excluding hydrogens is 459 g/mol. The highest BCUT2D eigenvalue weighted by molar-refractivity contribution is 6.03. The number of carbonyl (C=O) groups is 1. The van der Waals surface area contributed by atoms with E-state index >= 15 is 0 Å². The van der Waals surface area contributed by atoms with Crippen LogP contribution in [0.1, 0.15) is 6.42 Å². The zero-order chi connectivity index (χ0) is 25.1. The lowest BCUT2D eigenvalue weighted by Gasteiger charge is -2.18. The predicted molar refractivity (Wildman–Crippen MR) is 138 cm³/mol. The van der Waals surface area contributed by atoms with Crippen LogP contribution in [0.15, 0.2) is 73.8 Å². The van der Waals surface area contributed by atoms with Gasteiger partial charge in [-0.25, -0.2) is 14.4 Å². The van der Waals surface area contributed by atoms with Crippen molar-refractivity contribution in [2.24, 2.45) is 0 Å². The van der Waals surface area contributed by atoms with Crippen LogP contribution in [0.2, 0.25) is 0 Å². The van der Waals surface area contributed by atoms with Crippen molar-refractivity contribution in [1.29, 1.82) is 0 Å². The van der Waals surface area contributed by atoms with Crippen molar-refractivity contribution < 1.29 is 13.9 Å². The van der Waals surface area contributed by atoms with Crippen molar-refractivity contribution in [3.8, 4) is 16.9 Å². The number of fused-ring (bicyclic) bond motifs is 1. The molecular formula is C27H25FN6O2. The van der Waals surface area contributed by atoms with Gasteiger partial charge in [-0.15, -0.1) is 0 Å². The van der Waals surface area contributed by atoms with E-state index in [0.29, 0.717) is 45.0 Å². The molecule has 0 spiro atoms. The zero-order valence-corrected chi connectivity index (χ0v) is 19.7. The molecule has 0 bridgehead atoms. The maximum Gasteiger partial charge on any atom is 0.247 e. The monoisotopic (exact) mass is 484 g/mol. The third-order valence-corrected chi connectivity index (χ3v) is 6.01. The number of halogens is 1. The number of benzene rings is 2. The third-order valence-electron chi connectivity index (χ3n) is 6.01. The summed E-state index contributed by atoms with van der Waals surface area (Å²) in [4.78, 5) is 27.4. The number of ether oxygens (including phenoxy) is 1. The van der Waals surface area contributed by atoms with Crippen LogP contribution in [0.4, 0.5) is 21.6 Å². The topological polar surface area (TPSA) is 92.3 Å². The molecule has 1 aliphatic heterocycles. The fraction of sp³-hybridized carbons (Fsp3) is 0.185. The average Bonchev–Trinajstić information content (AvgIpc) is 3.29. The van der Waals surface area contributed by atoms with Crippen LogP contribution in [-0.4, -0.2) is 52.0 Å². The lowest BCUT2D eigenvalue weighted by Crippen LogP contribution is -2.22. The summed E-state index contributed by atoms with van der Waals surface area (Å²) in [6.07, 6.45) is 6.80. The van der Waals surface area contributed by atoms with Crippen LogP contribution in [0.25, 0.3) is 22.0 Å². The number of hydrogen-bond donors (Lipinski definition) is 2. The molecule has 0 aliphatic carbocycles. The number of aromatic nitrogens is 3. The van der Waals surface area contributed by atoms with Gasteiger partial charge in [0.2, 0.25) is 5.91 Å². The molecule has 1 amide bonds. The Balaban J connectivity index is 1.51. The number of likely N-dealkylation sites (N-methyl/N-ethyl adjacent to an activating group) is 1. The second-order valence-electron chi connectivity index (χ2n) is 8.64. The van der Waals surface area contributed by atoms with Gasteiger partial charge in [0.15, 0.2) is 0 Å². The minimum Gasteiger partial charge on any atom is -0.487 e. The van der Waals surface area contributed by atoms with E-state index in [1.807, 2.05) is 7.05 Å². The van der Waals surface area contributed by atoms with Crippen molar-refractivity contribution in [2.45, 2.75) is 12.5 Å². The summed E-state index contributed by atoms with van der Waals surface area (Å²) >= 11 is 0. The number of amides is 1. The smallest absolute Gasteiger partial charge is 0.247 e. The number of rotatable bonds is 7. The quantitative estimate of drug-likeness (QED) is 0.365. The molecule has 1 fully saturated rings. The van der Waals surface area contributed by atoms with Gasteiger partial charge in [0, 0.05) is 41.9 Å². The van der Waals surface area contributed by atoms with Gasteiger partial charge in [0.25, 0.3) is 0 Å². The first-order valence-corrected chi connectivity index (χ1v) is 11.5. The molecule has 4 aromatic rings. The molecule has 5 rings (SSSR count). The van der Waals surface area contributed by atoms with Gasteiger partial charge in [-0.05, 0) is 37.7 Å². The molecule has 3 heterocycles. The number of hydrogen-bond acceptors (Lipinski definition) is 7. The SMILES string of the molecule is C=CC(=O)Nc1cc2c(Nc3cncc(-c4ccccc4F)c3)ncnc2cc1O[C@@H]1CCN(C)C1. The average molecular weight is 485 g/mol. The van der Waals surface area contributed by atoms with Crippen LogP contribution in [-0.2, 0) is 4.79 Å². The first-order valence-electron chi connectivity index (χ1n) is 11.5. The summed E-state index contributed by atoms with van der Waals surface area (Å²) in [7, 11) is 2.05. The first-order chi connectivity index (χ1) is 17.5. The Bertz CT molecular complexity index is 1440. The van der Waals surface area contributed by atoms with Gasteiger partial charge in [-0.3, -0.25) is 9.78 Å². The molecule has 182 valence electrons. The number of pyridine rings is 1. The molecule has 1 saturated heterocycles. The van der Waals surface area contributed by atoms with Crippen LogP contribution in [0.5, 0.6) is 5.75 Å². The normalized spacial score (nSPS) is 15.6. The molecule has 1 aliphatic rings. The highest BCUT2D eigenvalue weighted by Gasteiger charge is 2.23. The van der Waals surface area contributed by atoms with E-state index in [0.717, 1.165) is 19.5 Å². The number of likely N-dealkylation sites (tertiary alicyclic amines) is 1. The number of anilines is 3. The van der Waals surface area contributed by atoms with E-state index in [1.54, 1.807) is 48.8 Å². The Kier molecular flexibility index (Phi) is 6.55. The summed E-state index contributed by atoms with van der Waals surface area (Å²) in [5.74, 6) is 0.364. The Morgan fingerprint density at radius 2 is 2.08 bits per heavy atom. The van der Waals surface area contributed by atoms with E-state index in [1.165, 1.54) is 18.5 Å². The molecule has 0 saturated carbocycles. The van der Waals surface area contributed by atoms with E-state index < -0.39 is 0 Å². The number of nitrogens with zero attached hydrogens (tertiary/aromatic N) is 4. The molecule has 8 nitrogen and oxygen atoms in total. The van der Waals surface area contributed by atoms with Crippen LogP contribution in [0, 0.1) is 5.82 Å². The van der Waals surface area contributed by atoms with Gasteiger partial charge in [0.05, 0.1) is 23.1 Å². The van der Waals surface area contributed by atoms with Crippen molar-refractivity contribution in [1.82, 2.24) is 19.9 Å². The van der Waals surface area contributed by atoms with Crippen molar-refractivity contribution in [3.05, 3.63) is 79.7 Å². The lowest BCUT2D eigenvalue weighted by atomic mass is 10.1. The summed E-state index contributed by atoms with van der Waals surface area (Å²) in [6.45, 7) is 5.29. The fourth-order valence-electron chi connectivity index (χ4n) is 4.22. The van der Waals surface area contributed by atoms with Crippen LogP contribution < -0.4 is 15.4 Å². The van der Waals surface area contributed by atoms with Gasteiger partial charge < -0.3 is 20.3 Å². The molecule has 0 unspecified atom stereocenters. The van der Waals surface area contributed by atoms with Crippen LogP contribution in [0.3, 0.4) is 0 Å². The highest BCUT2D eigenvalue weighted by atomic mass is 19.1. The summed E-state index contributed by atoms with van der Waals surface area (Å²) < 4.78 is 20.5. The Labute approximate surface area is 207 Å². The van der Waals surface area contributed by atoms with E-state index in [-0.39, 0.29) is 17.8 Å². The molecule has 36 heavy (non-hydrogen) atoms. The van der Waals surface area contributed by atoms with Crippen LogP contribution >= 0.6 is 0 Å². The Morgan fingerprint density at radius 3 is 2.86 bits per heavy atom. The molecule has 2 aromatic heterocycles. The lowest BCUT2D eigenvalue weighted by molar-refractivity contribution is -0.111. The molecule has 2 aromatic carbocycles. The molecule has 0 radical (unpaired) electrons. The number of carbonyl (C=O) groups excluding carboxylic acids is 1. The fourth-order valence-corrected chi connectivity index (χ4v) is 4.22. The first kappa shape index (κ1) is 23.4. The predicted octanol–water partition coefficient (Wildman–Crippen LogP) is 4.78. The van der Waals surface area contributed by atoms with Gasteiger partial charge in [-0.1, -0.05) is 24.8 Å². The second-order valence-corrected chi connectivity index (χ2v) is 8.64. The standard InChI is InChI=1S/C27H25FN6O2/c1-3-26(35)33-24-11-21-23(12-25(24)36-19-8-9-34(2)15-19)30-16-31-27(21)32-18-10-17(13-29-14-18)20-6-4-5-7-22(20)28/h3-7,10-14,16,19H,1,8-9,15H2,2H3,(H,33,35)(H,30,31,32)/t19-/m1/s1. The van der Waals surface area contributed by atoms with E-state index in [2.05, 4.69) is 37.1 Å². The van der Waals surface area contributed by atoms with E-state index in [9.17, 15) is 9.18 Å². The van der Waals surface area contributed by atoms with Gasteiger partial charge >= 0.3 is 0 Å². The minimum absolute atomic E-state index is 0.0125. The zero-order valence-electron chi connectivity index (χ0n) is 19.7. The largest absolute Gasteiger partial charge is 0.487 e. The minimum atomic E-state index is -0.351. The number of nitrogens with one attached hydrogen (secondary N) is 2. The van der Waals surface area contributed by atoms with E-state index in [4.69, 9.17) is 4.74 Å². The Hall–Kier alpha value is -4.37.